The van der Waals surface area contributed by atoms with E-state index in [1.54, 1.807) is 0 Å². The summed E-state index contributed by atoms with van der Waals surface area (Å²) in [4.78, 5) is 21.1. The molecule has 0 aromatic carbocycles. The molecule has 5 nitrogen and oxygen atoms in total. The number of aliphatic hydroxyl groups is 1. The fraction of sp³-hybridized carbons (Fsp3) is 0.429. The number of hydrogen-bond donors (Lipinski definition) is 3. The molecule has 0 heterocycles. The summed E-state index contributed by atoms with van der Waals surface area (Å²) < 4.78 is 0. The third-order valence-electron chi connectivity index (χ3n) is 1.19. The number of amides is 2. The van der Waals surface area contributed by atoms with Crippen molar-refractivity contribution in [1.29, 1.82) is 0 Å². The van der Waals surface area contributed by atoms with Gasteiger partial charge in [-0.3, -0.25) is 4.79 Å². The second-order valence-corrected chi connectivity index (χ2v) is 2.41. The molecule has 68 valence electrons. The van der Waals surface area contributed by atoms with Crippen molar-refractivity contribution >= 4 is 11.8 Å². The molecular weight excluding hydrogens is 160 g/mol. The molecule has 0 aromatic heterocycles. The van der Waals surface area contributed by atoms with Crippen LogP contribution in [0.4, 0.5) is 4.79 Å². The molecule has 0 aromatic rings. The Balaban J connectivity index is 3.87. The lowest BCUT2D eigenvalue weighted by atomic mass is 10.1. The Morgan fingerprint density at radius 1 is 1.67 bits per heavy atom. The van der Waals surface area contributed by atoms with E-state index in [1.807, 2.05) is 0 Å². The highest BCUT2D eigenvalue weighted by atomic mass is 16.3. The number of rotatable bonds is 4. The first-order valence-electron chi connectivity index (χ1n) is 3.36. The molecule has 0 saturated carbocycles. The first-order chi connectivity index (χ1) is 5.45. The van der Waals surface area contributed by atoms with E-state index in [9.17, 15) is 9.59 Å². The van der Waals surface area contributed by atoms with Crippen LogP contribution in [0.15, 0.2) is 12.2 Å². The standard InChI is InChI=1S/C7H12N2O3/c1-4(2)6(11)5(10)3-9-7(8)12/h5,10H,1,3H2,2H3,(H3,8,9,12). The quantitative estimate of drug-likeness (QED) is 0.483. The summed E-state index contributed by atoms with van der Waals surface area (Å²) in [5.41, 5.74) is 4.97. The molecular formula is C7H12N2O3. The topological polar surface area (TPSA) is 92.4 Å². The van der Waals surface area contributed by atoms with Crippen LogP contribution in [0.25, 0.3) is 0 Å². The number of carbonyl (C=O) groups is 2. The maximum absolute atomic E-state index is 10.9. The Hall–Kier alpha value is -1.36. The van der Waals surface area contributed by atoms with Gasteiger partial charge >= 0.3 is 6.03 Å². The summed E-state index contributed by atoms with van der Waals surface area (Å²) in [5.74, 6) is -0.497. The minimum Gasteiger partial charge on any atom is -0.383 e. The summed E-state index contributed by atoms with van der Waals surface area (Å²) in [6.45, 7) is 4.65. The van der Waals surface area contributed by atoms with Gasteiger partial charge in [0.1, 0.15) is 6.10 Å². The summed E-state index contributed by atoms with van der Waals surface area (Å²) in [6, 6.07) is -0.774. The zero-order valence-corrected chi connectivity index (χ0v) is 6.83. The van der Waals surface area contributed by atoms with Crippen molar-refractivity contribution in [3.05, 3.63) is 12.2 Å². The monoisotopic (exact) mass is 172 g/mol. The second kappa shape index (κ2) is 4.50. The minimum atomic E-state index is -1.25. The molecule has 0 spiro atoms. The normalized spacial score (nSPS) is 11.8. The maximum Gasteiger partial charge on any atom is 0.312 e. The van der Waals surface area contributed by atoms with Crippen molar-refractivity contribution in [2.75, 3.05) is 6.54 Å². The van der Waals surface area contributed by atoms with Crippen LogP contribution in [0.2, 0.25) is 0 Å². The van der Waals surface area contributed by atoms with Gasteiger partial charge < -0.3 is 16.2 Å². The number of ketones is 1. The van der Waals surface area contributed by atoms with Gasteiger partial charge in [0.25, 0.3) is 0 Å². The first kappa shape index (κ1) is 10.6. The van der Waals surface area contributed by atoms with Crippen LogP contribution < -0.4 is 11.1 Å². The molecule has 4 N–H and O–H groups in total. The number of nitrogens with two attached hydrogens (primary N) is 1. The summed E-state index contributed by atoms with van der Waals surface area (Å²) in [7, 11) is 0. The number of primary amides is 1. The highest BCUT2D eigenvalue weighted by molar-refractivity contribution is 5.97. The van der Waals surface area contributed by atoms with Crippen LogP contribution in [0, 0.1) is 0 Å². The molecule has 0 bridgehead atoms. The van der Waals surface area contributed by atoms with Crippen molar-refractivity contribution in [2.45, 2.75) is 13.0 Å². The minimum absolute atomic E-state index is 0.180. The van der Waals surface area contributed by atoms with Gasteiger partial charge in [-0.2, -0.15) is 0 Å². The Morgan fingerprint density at radius 2 is 2.17 bits per heavy atom. The van der Waals surface area contributed by atoms with Crippen LogP contribution in [-0.4, -0.2) is 29.6 Å². The van der Waals surface area contributed by atoms with E-state index >= 15 is 0 Å². The lowest BCUT2D eigenvalue weighted by Gasteiger charge is -2.08. The lowest BCUT2D eigenvalue weighted by Crippen LogP contribution is -2.39. The van der Waals surface area contributed by atoms with Crippen LogP contribution in [0.3, 0.4) is 0 Å². The molecule has 0 aliphatic heterocycles. The number of Topliss-reactive ketones (excluding diaryl/α,β-unsaturated/α-hetero) is 1. The molecule has 1 unspecified atom stereocenters. The zero-order valence-electron chi connectivity index (χ0n) is 6.83. The second-order valence-electron chi connectivity index (χ2n) is 2.41. The maximum atomic E-state index is 10.9. The van der Waals surface area contributed by atoms with E-state index < -0.39 is 17.9 Å². The van der Waals surface area contributed by atoms with Gasteiger partial charge in [-0.25, -0.2) is 4.79 Å². The van der Waals surface area contributed by atoms with Crippen LogP contribution in [0.1, 0.15) is 6.92 Å². The Kier molecular flexibility index (Phi) is 3.99. The SMILES string of the molecule is C=C(C)C(=O)C(O)CNC(N)=O. The third kappa shape index (κ3) is 3.72. The average Bonchev–Trinajstić information content (AvgIpc) is 1.98. The molecule has 0 aliphatic rings. The number of nitrogens with one attached hydrogen (secondary N) is 1. The van der Waals surface area contributed by atoms with Gasteiger partial charge in [-0.05, 0) is 12.5 Å². The van der Waals surface area contributed by atoms with Crippen LogP contribution >= 0.6 is 0 Å². The average molecular weight is 172 g/mol. The Morgan fingerprint density at radius 3 is 2.50 bits per heavy atom. The van der Waals surface area contributed by atoms with Gasteiger partial charge in [0, 0.05) is 0 Å². The third-order valence-corrected chi connectivity index (χ3v) is 1.19. The Bertz CT molecular complexity index is 213. The molecule has 12 heavy (non-hydrogen) atoms. The van der Waals surface area contributed by atoms with Crippen molar-refractivity contribution < 1.29 is 14.7 Å². The van der Waals surface area contributed by atoms with Crippen molar-refractivity contribution in [3.63, 3.8) is 0 Å². The van der Waals surface area contributed by atoms with E-state index in [1.165, 1.54) is 6.92 Å². The molecule has 1 atom stereocenters. The van der Waals surface area contributed by atoms with Gasteiger partial charge in [-0.1, -0.05) is 6.58 Å². The van der Waals surface area contributed by atoms with Gasteiger partial charge in [0.05, 0.1) is 6.54 Å². The summed E-state index contributed by atoms with van der Waals surface area (Å²) in [5, 5.41) is 11.2. The van der Waals surface area contributed by atoms with Crippen LogP contribution in [-0.2, 0) is 4.79 Å². The summed E-state index contributed by atoms with van der Waals surface area (Å²) >= 11 is 0. The molecule has 0 aliphatic carbocycles. The van der Waals surface area contributed by atoms with E-state index in [4.69, 9.17) is 10.8 Å². The fourth-order valence-corrected chi connectivity index (χ4v) is 0.574. The number of hydrogen-bond acceptors (Lipinski definition) is 3. The van der Waals surface area contributed by atoms with Crippen molar-refractivity contribution in [1.82, 2.24) is 5.32 Å². The van der Waals surface area contributed by atoms with Gasteiger partial charge in [0.2, 0.25) is 0 Å². The van der Waals surface area contributed by atoms with E-state index in [2.05, 4.69) is 11.9 Å². The molecule has 0 rings (SSSR count). The molecule has 0 radical (unpaired) electrons. The summed E-state index contributed by atoms with van der Waals surface area (Å²) in [6.07, 6.45) is -1.25. The molecule has 2 amide bonds. The zero-order chi connectivity index (χ0) is 9.72. The van der Waals surface area contributed by atoms with Crippen LogP contribution in [0.5, 0.6) is 0 Å². The van der Waals surface area contributed by atoms with Gasteiger partial charge in [-0.15, -0.1) is 0 Å². The fourth-order valence-electron chi connectivity index (χ4n) is 0.574. The number of urea groups is 1. The van der Waals surface area contributed by atoms with Crippen molar-refractivity contribution in [2.24, 2.45) is 5.73 Å². The number of aliphatic hydroxyl groups excluding tert-OH is 1. The Labute approximate surface area is 70.2 Å². The molecule has 5 heteroatoms. The highest BCUT2D eigenvalue weighted by Crippen LogP contribution is 1.94. The van der Waals surface area contributed by atoms with E-state index in [0.29, 0.717) is 0 Å². The van der Waals surface area contributed by atoms with Crippen molar-refractivity contribution in [3.8, 4) is 0 Å². The molecule has 0 fully saturated rings. The molecule has 0 saturated heterocycles. The van der Waals surface area contributed by atoms with E-state index in [0.717, 1.165) is 0 Å². The smallest absolute Gasteiger partial charge is 0.312 e. The first-order valence-corrected chi connectivity index (χ1v) is 3.36. The highest BCUT2D eigenvalue weighted by Gasteiger charge is 2.15. The van der Waals surface area contributed by atoms with Gasteiger partial charge in [0.15, 0.2) is 5.78 Å². The number of carbonyl (C=O) groups excluding carboxylic acids is 2. The lowest BCUT2D eigenvalue weighted by molar-refractivity contribution is -0.122. The van der Waals surface area contributed by atoms with E-state index in [-0.39, 0.29) is 12.1 Å². The largest absolute Gasteiger partial charge is 0.383 e. The predicted octanol–water partition coefficient (Wildman–Crippen LogP) is -0.839. The predicted molar refractivity (Wildman–Crippen MR) is 43.4 cm³/mol.